The first-order valence-corrected chi connectivity index (χ1v) is 11.8. The highest BCUT2D eigenvalue weighted by atomic mass is 32.2. The molecule has 2 N–H and O–H groups in total. The number of nitrogens with one attached hydrogen (secondary N) is 2. The van der Waals surface area contributed by atoms with Crippen molar-refractivity contribution in [2.24, 2.45) is 0 Å². The standard InChI is InChI=1S/C23H30N4O3S/c1-14-13-15(2)17(4)22(16(14)3)31(29,30)26-18(5)23(28)24-11-12-27-19(6)25-20-9-7-8-10-21(20)27/h7-10,13,18,26H,11-12H2,1-6H3,(H,24,28)/t18-/m0/s1. The zero-order valence-corrected chi connectivity index (χ0v) is 19.7. The van der Waals surface area contributed by atoms with Gasteiger partial charge in [0.2, 0.25) is 15.9 Å². The average molecular weight is 443 g/mol. The summed E-state index contributed by atoms with van der Waals surface area (Å²) in [6.07, 6.45) is 0. The van der Waals surface area contributed by atoms with Crippen LogP contribution in [0.2, 0.25) is 0 Å². The van der Waals surface area contributed by atoms with Crippen molar-refractivity contribution >= 4 is 27.0 Å². The normalized spacial score (nSPS) is 12.8. The fourth-order valence-electron chi connectivity index (χ4n) is 3.85. The molecule has 0 fully saturated rings. The van der Waals surface area contributed by atoms with Gasteiger partial charge >= 0.3 is 0 Å². The zero-order valence-electron chi connectivity index (χ0n) is 18.9. The number of hydrogen-bond acceptors (Lipinski definition) is 4. The van der Waals surface area contributed by atoms with Gasteiger partial charge in [0.25, 0.3) is 0 Å². The smallest absolute Gasteiger partial charge is 0.241 e. The molecule has 1 atom stereocenters. The Morgan fingerprint density at radius 3 is 2.32 bits per heavy atom. The maximum absolute atomic E-state index is 13.0. The van der Waals surface area contributed by atoms with E-state index >= 15 is 0 Å². The molecule has 1 amide bonds. The van der Waals surface area contributed by atoms with E-state index in [9.17, 15) is 13.2 Å². The van der Waals surface area contributed by atoms with Crippen molar-refractivity contribution in [1.82, 2.24) is 19.6 Å². The number of nitrogens with zero attached hydrogens (tertiary/aromatic N) is 2. The summed E-state index contributed by atoms with van der Waals surface area (Å²) in [5.74, 6) is 0.496. The number of carbonyl (C=O) groups excluding carboxylic acids is 1. The number of fused-ring (bicyclic) bond motifs is 1. The lowest BCUT2D eigenvalue weighted by molar-refractivity contribution is -0.122. The molecule has 0 saturated carbocycles. The number of amides is 1. The summed E-state index contributed by atoms with van der Waals surface area (Å²) in [7, 11) is -3.84. The molecule has 0 unspecified atom stereocenters. The van der Waals surface area contributed by atoms with Gasteiger partial charge in [0, 0.05) is 13.1 Å². The van der Waals surface area contributed by atoms with E-state index in [1.165, 1.54) is 0 Å². The fourth-order valence-corrected chi connectivity index (χ4v) is 5.67. The van der Waals surface area contributed by atoms with Gasteiger partial charge in [-0.05, 0) is 75.9 Å². The minimum Gasteiger partial charge on any atom is -0.353 e. The van der Waals surface area contributed by atoms with Gasteiger partial charge in [-0.15, -0.1) is 0 Å². The number of benzene rings is 2. The summed E-state index contributed by atoms with van der Waals surface area (Å²) >= 11 is 0. The Morgan fingerprint density at radius 1 is 1.06 bits per heavy atom. The van der Waals surface area contributed by atoms with Gasteiger partial charge in [0.05, 0.1) is 22.0 Å². The van der Waals surface area contributed by atoms with Gasteiger partial charge in [-0.1, -0.05) is 18.2 Å². The van der Waals surface area contributed by atoms with Crippen molar-refractivity contribution in [2.45, 2.75) is 59.0 Å². The maximum Gasteiger partial charge on any atom is 0.241 e. The Balaban J connectivity index is 1.68. The van der Waals surface area contributed by atoms with E-state index in [1.54, 1.807) is 20.8 Å². The molecule has 3 rings (SSSR count). The van der Waals surface area contributed by atoms with Crippen LogP contribution in [0.4, 0.5) is 0 Å². The molecule has 2 aromatic carbocycles. The van der Waals surface area contributed by atoms with Crippen molar-refractivity contribution in [3.8, 4) is 0 Å². The second kappa shape index (κ2) is 8.80. The molecular formula is C23H30N4O3S. The molecule has 166 valence electrons. The van der Waals surface area contributed by atoms with E-state index in [4.69, 9.17) is 0 Å². The molecule has 0 aliphatic carbocycles. The SMILES string of the molecule is Cc1cc(C)c(C)c(S(=O)(=O)N[C@@H](C)C(=O)NCCn2c(C)nc3ccccc32)c1C. The van der Waals surface area contributed by atoms with E-state index in [1.807, 2.05) is 55.7 Å². The molecule has 0 radical (unpaired) electrons. The number of imidazole rings is 1. The minimum absolute atomic E-state index is 0.255. The lowest BCUT2D eigenvalue weighted by Gasteiger charge is -2.19. The van der Waals surface area contributed by atoms with Crippen LogP contribution < -0.4 is 10.0 Å². The van der Waals surface area contributed by atoms with Gasteiger partial charge in [-0.2, -0.15) is 4.72 Å². The van der Waals surface area contributed by atoms with Gasteiger partial charge in [-0.25, -0.2) is 13.4 Å². The lowest BCUT2D eigenvalue weighted by Crippen LogP contribution is -2.45. The third-order valence-electron chi connectivity index (χ3n) is 5.77. The summed E-state index contributed by atoms with van der Waals surface area (Å²) in [5, 5.41) is 2.82. The third-order valence-corrected chi connectivity index (χ3v) is 7.58. The first-order chi connectivity index (χ1) is 14.5. The van der Waals surface area contributed by atoms with Crippen LogP contribution in [0, 0.1) is 34.6 Å². The summed E-state index contributed by atoms with van der Waals surface area (Å²) < 4.78 is 30.7. The number of rotatable bonds is 7. The van der Waals surface area contributed by atoms with E-state index < -0.39 is 16.1 Å². The first-order valence-electron chi connectivity index (χ1n) is 10.3. The van der Waals surface area contributed by atoms with Crippen molar-refractivity contribution < 1.29 is 13.2 Å². The van der Waals surface area contributed by atoms with Crippen LogP contribution in [0.3, 0.4) is 0 Å². The Hall–Kier alpha value is -2.71. The number of para-hydroxylation sites is 2. The summed E-state index contributed by atoms with van der Waals surface area (Å²) in [5.41, 5.74) is 5.12. The van der Waals surface area contributed by atoms with Gasteiger partial charge in [-0.3, -0.25) is 4.79 Å². The molecule has 1 heterocycles. The van der Waals surface area contributed by atoms with E-state index in [2.05, 4.69) is 15.0 Å². The van der Waals surface area contributed by atoms with Gasteiger partial charge < -0.3 is 9.88 Å². The van der Waals surface area contributed by atoms with Crippen LogP contribution in [-0.4, -0.2) is 36.5 Å². The zero-order chi connectivity index (χ0) is 22.9. The highest BCUT2D eigenvalue weighted by Crippen LogP contribution is 2.26. The quantitative estimate of drug-likeness (QED) is 0.588. The topological polar surface area (TPSA) is 93.1 Å². The molecule has 31 heavy (non-hydrogen) atoms. The van der Waals surface area contributed by atoms with Crippen LogP contribution in [0.1, 0.15) is 35.0 Å². The molecule has 7 nitrogen and oxygen atoms in total. The third kappa shape index (κ3) is 4.65. The Labute approximate surface area is 183 Å². The Kier molecular flexibility index (Phi) is 6.52. The molecule has 3 aromatic rings. The number of hydrogen-bond donors (Lipinski definition) is 2. The lowest BCUT2D eigenvalue weighted by atomic mass is 10.0. The second-order valence-corrected chi connectivity index (χ2v) is 9.67. The molecule has 0 aliphatic heterocycles. The number of aryl methyl sites for hydroxylation is 3. The minimum atomic E-state index is -3.84. The Morgan fingerprint density at radius 2 is 1.68 bits per heavy atom. The highest BCUT2D eigenvalue weighted by Gasteiger charge is 2.26. The average Bonchev–Trinajstić information content (AvgIpc) is 3.01. The molecule has 0 saturated heterocycles. The Bertz CT molecular complexity index is 1220. The maximum atomic E-state index is 13.0. The van der Waals surface area contributed by atoms with Crippen molar-refractivity contribution in [2.75, 3.05) is 6.54 Å². The predicted octanol–water partition coefficient (Wildman–Crippen LogP) is 3.06. The van der Waals surface area contributed by atoms with Crippen molar-refractivity contribution in [1.29, 1.82) is 0 Å². The molecule has 0 bridgehead atoms. The summed E-state index contributed by atoms with van der Waals surface area (Å²) in [4.78, 5) is 17.3. The number of sulfonamides is 1. The van der Waals surface area contributed by atoms with E-state index in [0.29, 0.717) is 24.2 Å². The summed E-state index contributed by atoms with van der Waals surface area (Å²) in [6, 6.07) is 8.90. The monoisotopic (exact) mass is 442 g/mol. The largest absolute Gasteiger partial charge is 0.353 e. The second-order valence-electron chi connectivity index (χ2n) is 8.02. The van der Waals surface area contributed by atoms with Crippen LogP contribution in [0.15, 0.2) is 35.2 Å². The van der Waals surface area contributed by atoms with Crippen LogP contribution in [0.5, 0.6) is 0 Å². The van der Waals surface area contributed by atoms with E-state index in [-0.39, 0.29) is 10.8 Å². The molecular weight excluding hydrogens is 412 g/mol. The first kappa shape index (κ1) is 23.0. The number of carbonyl (C=O) groups is 1. The van der Waals surface area contributed by atoms with E-state index in [0.717, 1.165) is 28.0 Å². The molecule has 1 aromatic heterocycles. The fraction of sp³-hybridized carbons (Fsp3) is 0.391. The number of aromatic nitrogens is 2. The summed E-state index contributed by atoms with van der Waals surface area (Å²) in [6.45, 7) is 11.8. The van der Waals surface area contributed by atoms with Crippen LogP contribution in [0.25, 0.3) is 11.0 Å². The highest BCUT2D eigenvalue weighted by molar-refractivity contribution is 7.89. The molecule has 0 spiro atoms. The van der Waals surface area contributed by atoms with Crippen molar-refractivity contribution in [3.63, 3.8) is 0 Å². The van der Waals surface area contributed by atoms with Crippen LogP contribution in [-0.2, 0) is 21.4 Å². The van der Waals surface area contributed by atoms with Gasteiger partial charge in [0.1, 0.15) is 5.82 Å². The predicted molar refractivity (Wildman–Crippen MR) is 123 cm³/mol. The molecule has 8 heteroatoms. The van der Waals surface area contributed by atoms with Gasteiger partial charge in [0.15, 0.2) is 0 Å². The van der Waals surface area contributed by atoms with Crippen LogP contribution >= 0.6 is 0 Å². The molecule has 0 aliphatic rings. The van der Waals surface area contributed by atoms with Crippen molar-refractivity contribution in [3.05, 3.63) is 58.4 Å².